The Morgan fingerprint density at radius 1 is 1.06 bits per heavy atom. The van der Waals surface area contributed by atoms with E-state index in [0.717, 1.165) is 38.2 Å². The molecule has 0 saturated heterocycles. The molecule has 2 rings (SSSR count). The van der Waals surface area contributed by atoms with E-state index < -0.39 is 23.5 Å². The number of halogens is 4. The summed E-state index contributed by atoms with van der Waals surface area (Å²) >= 11 is 0. The van der Waals surface area contributed by atoms with Gasteiger partial charge in [-0.3, -0.25) is 0 Å². The number of hydrogen-bond donors (Lipinski definition) is 1. The largest absolute Gasteiger partial charge is 0.324 e. The molecule has 0 amide bonds. The molecule has 1 aliphatic rings. The van der Waals surface area contributed by atoms with Gasteiger partial charge >= 0.3 is 0 Å². The molecule has 1 saturated carbocycles. The van der Waals surface area contributed by atoms with Crippen molar-refractivity contribution in [2.75, 3.05) is 0 Å². The van der Waals surface area contributed by atoms with Gasteiger partial charge in [-0.25, -0.2) is 13.2 Å². The molecule has 5 heteroatoms. The van der Waals surface area contributed by atoms with Crippen molar-refractivity contribution in [2.45, 2.75) is 38.1 Å². The Morgan fingerprint density at radius 3 is 2.28 bits per heavy atom. The first kappa shape index (κ1) is 15.3. The molecule has 0 unspecified atom stereocenters. The van der Waals surface area contributed by atoms with E-state index in [9.17, 15) is 13.2 Å². The van der Waals surface area contributed by atoms with Crippen molar-refractivity contribution in [2.24, 2.45) is 11.7 Å². The van der Waals surface area contributed by atoms with Crippen LogP contribution in [0.1, 0.15) is 43.7 Å². The van der Waals surface area contributed by atoms with Crippen LogP contribution in [0.3, 0.4) is 0 Å². The molecule has 18 heavy (non-hydrogen) atoms. The van der Waals surface area contributed by atoms with Gasteiger partial charge in [-0.05, 0) is 24.8 Å². The molecule has 1 atom stereocenters. The maximum absolute atomic E-state index is 13.6. The van der Waals surface area contributed by atoms with Gasteiger partial charge in [0.1, 0.15) is 5.82 Å². The minimum absolute atomic E-state index is 0. The summed E-state index contributed by atoms with van der Waals surface area (Å²) in [6.45, 7) is 0. The molecule has 1 aromatic carbocycles. The molecule has 2 N–H and O–H groups in total. The maximum Gasteiger partial charge on any atom is 0.163 e. The Labute approximate surface area is 111 Å². The highest BCUT2D eigenvalue weighted by molar-refractivity contribution is 5.85. The van der Waals surface area contributed by atoms with Gasteiger partial charge < -0.3 is 5.73 Å². The van der Waals surface area contributed by atoms with Gasteiger partial charge in [0.15, 0.2) is 11.6 Å². The van der Waals surface area contributed by atoms with Crippen molar-refractivity contribution in [3.05, 3.63) is 35.1 Å². The summed E-state index contributed by atoms with van der Waals surface area (Å²) in [7, 11) is 0. The summed E-state index contributed by atoms with van der Waals surface area (Å²) in [5.41, 5.74) is 5.90. The van der Waals surface area contributed by atoms with Crippen molar-refractivity contribution < 1.29 is 13.2 Å². The van der Waals surface area contributed by atoms with Gasteiger partial charge in [-0.2, -0.15) is 0 Å². The molecule has 0 spiro atoms. The van der Waals surface area contributed by atoms with Crippen LogP contribution in [0.15, 0.2) is 12.1 Å². The third kappa shape index (κ3) is 3.18. The Bertz CT molecular complexity index is 405. The summed E-state index contributed by atoms with van der Waals surface area (Å²) in [5, 5.41) is 0. The molecule has 102 valence electrons. The van der Waals surface area contributed by atoms with Crippen LogP contribution in [0.2, 0.25) is 0 Å². The van der Waals surface area contributed by atoms with E-state index in [-0.39, 0.29) is 23.9 Å². The average Bonchev–Trinajstić information content (AvgIpc) is 2.34. The number of benzene rings is 1. The lowest BCUT2D eigenvalue weighted by Gasteiger charge is -2.28. The smallest absolute Gasteiger partial charge is 0.163 e. The molecule has 0 radical (unpaired) electrons. The summed E-state index contributed by atoms with van der Waals surface area (Å²) < 4.78 is 39.7. The van der Waals surface area contributed by atoms with Crippen LogP contribution in [0.25, 0.3) is 0 Å². The second kappa shape index (κ2) is 6.43. The first-order valence-corrected chi connectivity index (χ1v) is 5.99. The van der Waals surface area contributed by atoms with Gasteiger partial charge in [-0.15, -0.1) is 12.4 Å². The fourth-order valence-electron chi connectivity index (χ4n) is 2.57. The lowest BCUT2D eigenvalue weighted by atomic mass is 9.81. The van der Waals surface area contributed by atoms with Crippen LogP contribution < -0.4 is 5.73 Å². The zero-order valence-corrected chi connectivity index (χ0v) is 10.8. The molecule has 1 nitrogen and oxygen atoms in total. The van der Waals surface area contributed by atoms with E-state index in [2.05, 4.69) is 0 Å². The Kier molecular flexibility index (Phi) is 5.47. The number of nitrogens with two attached hydrogens (primary N) is 1. The summed E-state index contributed by atoms with van der Waals surface area (Å²) in [4.78, 5) is 0. The molecule has 0 aliphatic heterocycles. The third-order valence-electron chi connectivity index (χ3n) is 3.54. The van der Waals surface area contributed by atoms with Gasteiger partial charge in [0.25, 0.3) is 0 Å². The Morgan fingerprint density at radius 2 is 1.67 bits per heavy atom. The molecule has 0 bridgehead atoms. The van der Waals surface area contributed by atoms with Crippen LogP contribution in [-0.4, -0.2) is 0 Å². The van der Waals surface area contributed by atoms with E-state index in [1.807, 2.05) is 0 Å². The summed E-state index contributed by atoms with van der Waals surface area (Å²) in [6.07, 6.45) is 5.07. The normalized spacial score (nSPS) is 18.2. The van der Waals surface area contributed by atoms with Crippen LogP contribution >= 0.6 is 12.4 Å². The Hall–Kier alpha value is -0.740. The minimum atomic E-state index is -1.16. The topological polar surface area (TPSA) is 26.0 Å². The molecule has 1 aromatic rings. The number of rotatable bonds is 2. The molecule has 1 aliphatic carbocycles. The standard InChI is InChI=1S/C13H16F3N.ClH/c14-9-6-10(12(16)11(15)7-9)13(17)8-4-2-1-3-5-8;/h6-8,13H,1-5,17H2;1H/t13-;/m0./s1. The molecule has 0 aromatic heterocycles. The van der Waals surface area contributed by atoms with Crippen molar-refractivity contribution in [1.82, 2.24) is 0 Å². The highest BCUT2D eigenvalue weighted by Crippen LogP contribution is 2.34. The van der Waals surface area contributed by atoms with Crippen LogP contribution in [0, 0.1) is 23.4 Å². The predicted octanol–water partition coefficient (Wildman–Crippen LogP) is 4.11. The van der Waals surface area contributed by atoms with Crippen LogP contribution in [-0.2, 0) is 0 Å². The van der Waals surface area contributed by atoms with Crippen molar-refractivity contribution in [3.63, 3.8) is 0 Å². The van der Waals surface area contributed by atoms with Crippen LogP contribution in [0.5, 0.6) is 0 Å². The lowest BCUT2D eigenvalue weighted by Crippen LogP contribution is -2.25. The van der Waals surface area contributed by atoms with E-state index in [0.29, 0.717) is 6.07 Å². The zero-order chi connectivity index (χ0) is 12.4. The quantitative estimate of drug-likeness (QED) is 0.810. The van der Waals surface area contributed by atoms with Gasteiger partial charge in [-0.1, -0.05) is 19.3 Å². The minimum Gasteiger partial charge on any atom is -0.324 e. The summed E-state index contributed by atoms with van der Waals surface area (Å²) in [5.74, 6) is -2.82. The highest BCUT2D eigenvalue weighted by atomic mass is 35.5. The average molecular weight is 280 g/mol. The zero-order valence-electron chi connectivity index (χ0n) is 9.96. The van der Waals surface area contributed by atoms with Gasteiger partial charge in [0.2, 0.25) is 0 Å². The van der Waals surface area contributed by atoms with E-state index in [1.165, 1.54) is 0 Å². The first-order chi connectivity index (χ1) is 8.09. The predicted molar refractivity (Wildman–Crippen MR) is 67.1 cm³/mol. The fourth-order valence-corrected chi connectivity index (χ4v) is 2.57. The third-order valence-corrected chi connectivity index (χ3v) is 3.54. The second-order valence-electron chi connectivity index (χ2n) is 4.71. The van der Waals surface area contributed by atoms with Gasteiger partial charge in [0, 0.05) is 17.7 Å². The molecular formula is C13H17ClF3N. The monoisotopic (exact) mass is 279 g/mol. The molecular weight excluding hydrogens is 263 g/mol. The maximum atomic E-state index is 13.6. The Balaban J connectivity index is 0.00000162. The fraction of sp³-hybridized carbons (Fsp3) is 0.538. The van der Waals surface area contributed by atoms with Crippen molar-refractivity contribution in [3.8, 4) is 0 Å². The van der Waals surface area contributed by atoms with E-state index in [1.54, 1.807) is 0 Å². The van der Waals surface area contributed by atoms with Crippen molar-refractivity contribution >= 4 is 12.4 Å². The first-order valence-electron chi connectivity index (χ1n) is 5.99. The lowest BCUT2D eigenvalue weighted by molar-refractivity contribution is 0.301. The number of hydrogen-bond acceptors (Lipinski definition) is 1. The van der Waals surface area contributed by atoms with E-state index in [4.69, 9.17) is 5.73 Å². The molecule has 1 fully saturated rings. The SMILES string of the molecule is Cl.N[C@H](c1cc(F)cc(F)c1F)C1CCCCC1. The highest BCUT2D eigenvalue weighted by Gasteiger charge is 2.25. The van der Waals surface area contributed by atoms with Crippen LogP contribution in [0.4, 0.5) is 13.2 Å². The van der Waals surface area contributed by atoms with Gasteiger partial charge in [0.05, 0.1) is 0 Å². The molecule has 0 heterocycles. The summed E-state index contributed by atoms with van der Waals surface area (Å²) in [6, 6.07) is 0.949. The van der Waals surface area contributed by atoms with Crippen molar-refractivity contribution in [1.29, 1.82) is 0 Å². The second-order valence-corrected chi connectivity index (χ2v) is 4.71. The van der Waals surface area contributed by atoms with E-state index >= 15 is 0 Å².